The molecule has 18 heavy (non-hydrogen) atoms. The van der Waals surface area contributed by atoms with Crippen molar-refractivity contribution >= 4 is 5.91 Å². The first kappa shape index (κ1) is 15.5. The van der Waals surface area contributed by atoms with Gasteiger partial charge in [0.1, 0.15) is 0 Å². The normalized spacial score (nSPS) is 25.7. The lowest BCUT2D eigenvalue weighted by atomic mass is 9.85. The van der Waals surface area contributed by atoms with Crippen LogP contribution in [0.3, 0.4) is 0 Å². The summed E-state index contributed by atoms with van der Waals surface area (Å²) in [6.45, 7) is 14.1. The van der Waals surface area contributed by atoms with Crippen molar-refractivity contribution in [1.29, 1.82) is 0 Å². The maximum atomic E-state index is 11.8. The molecule has 1 amide bonds. The highest BCUT2D eigenvalue weighted by Crippen LogP contribution is 2.24. The van der Waals surface area contributed by atoms with Crippen molar-refractivity contribution in [3.8, 4) is 0 Å². The molecule has 1 saturated heterocycles. The highest BCUT2D eigenvalue weighted by molar-refractivity contribution is 5.78. The van der Waals surface area contributed by atoms with Crippen LogP contribution in [0.4, 0.5) is 0 Å². The predicted octanol–water partition coefficient (Wildman–Crippen LogP) is 2.52. The number of amides is 1. The van der Waals surface area contributed by atoms with E-state index in [-0.39, 0.29) is 11.8 Å². The summed E-state index contributed by atoms with van der Waals surface area (Å²) in [5.74, 6) is 1.69. The zero-order valence-electron chi connectivity index (χ0n) is 12.7. The number of nitrogens with zero attached hydrogens (tertiary/aromatic N) is 1. The van der Waals surface area contributed by atoms with Gasteiger partial charge in [0.2, 0.25) is 5.91 Å². The number of rotatable bonds is 5. The summed E-state index contributed by atoms with van der Waals surface area (Å²) >= 11 is 0. The maximum Gasteiger partial charge on any atom is 0.222 e. The minimum absolute atomic E-state index is 0.0871. The Morgan fingerprint density at radius 3 is 2.44 bits per heavy atom. The van der Waals surface area contributed by atoms with Gasteiger partial charge in [0.15, 0.2) is 0 Å². The van der Waals surface area contributed by atoms with Crippen molar-refractivity contribution in [3.05, 3.63) is 0 Å². The smallest absolute Gasteiger partial charge is 0.222 e. The van der Waals surface area contributed by atoms with E-state index in [0.717, 1.165) is 19.5 Å². The van der Waals surface area contributed by atoms with Gasteiger partial charge in [-0.2, -0.15) is 0 Å². The van der Waals surface area contributed by atoms with Gasteiger partial charge in [0.25, 0.3) is 0 Å². The molecule has 0 aliphatic carbocycles. The fourth-order valence-electron chi connectivity index (χ4n) is 2.69. The van der Waals surface area contributed by atoms with E-state index in [4.69, 9.17) is 0 Å². The van der Waals surface area contributed by atoms with Crippen molar-refractivity contribution in [2.75, 3.05) is 19.6 Å². The van der Waals surface area contributed by atoms with Gasteiger partial charge in [-0.3, -0.25) is 4.79 Å². The summed E-state index contributed by atoms with van der Waals surface area (Å²) in [6, 6.07) is 0.340. The molecule has 0 aromatic heterocycles. The lowest BCUT2D eigenvalue weighted by Gasteiger charge is -2.40. The van der Waals surface area contributed by atoms with E-state index in [1.807, 2.05) is 13.8 Å². The molecular weight excluding hydrogens is 224 g/mol. The van der Waals surface area contributed by atoms with E-state index in [9.17, 15) is 4.79 Å². The third-order valence-corrected chi connectivity index (χ3v) is 3.91. The maximum absolute atomic E-state index is 11.8. The first-order chi connectivity index (χ1) is 8.43. The molecule has 1 fully saturated rings. The molecule has 1 heterocycles. The lowest BCUT2D eigenvalue weighted by Crippen LogP contribution is -2.52. The Kier molecular flexibility index (Phi) is 6.13. The van der Waals surface area contributed by atoms with E-state index < -0.39 is 0 Å². The van der Waals surface area contributed by atoms with E-state index >= 15 is 0 Å². The Balaban J connectivity index is 2.58. The molecule has 1 aliphatic heterocycles. The van der Waals surface area contributed by atoms with Gasteiger partial charge < -0.3 is 10.2 Å². The minimum atomic E-state index is 0.0871. The van der Waals surface area contributed by atoms with Crippen LogP contribution in [0.5, 0.6) is 0 Å². The van der Waals surface area contributed by atoms with Crippen LogP contribution < -0.4 is 5.32 Å². The Hall–Kier alpha value is -0.570. The molecule has 0 aromatic rings. The van der Waals surface area contributed by atoms with Crippen LogP contribution in [0.2, 0.25) is 0 Å². The average Bonchev–Trinajstić information content (AvgIpc) is 2.28. The first-order valence-corrected chi connectivity index (χ1v) is 7.46. The van der Waals surface area contributed by atoms with E-state index in [2.05, 4.69) is 31.0 Å². The Morgan fingerprint density at radius 1 is 1.28 bits per heavy atom. The SMILES string of the molecule is CCCN1CC(NC(=O)C(C)C)CC(C(C)C)C1. The van der Waals surface area contributed by atoms with Crippen molar-refractivity contribution in [3.63, 3.8) is 0 Å². The van der Waals surface area contributed by atoms with Gasteiger partial charge in [0.05, 0.1) is 0 Å². The third kappa shape index (κ3) is 4.60. The van der Waals surface area contributed by atoms with Crippen molar-refractivity contribution in [2.45, 2.75) is 53.5 Å². The summed E-state index contributed by atoms with van der Waals surface area (Å²) < 4.78 is 0. The highest BCUT2D eigenvalue weighted by Gasteiger charge is 2.29. The molecule has 0 saturated carbocycles. The van der Waals surface area contributed by atoms with Gasteiger partial charge >= 0.3 is 0 Å². The molecule has 1 rings (SSSR count). The Labute approximate surface area is 112 Å². The summed E-state index contributed by atoms with van der Waals surface area (Å²) in [4.78, 5) is 14.3. The largest absolute Gasteiger partial charge is 0.352 e. The highest BCUT2D eigenvalue weighted by atomic mass is 16.1. The van der Waals surface area contributed by atoms with Gasteiger partial charge in [-0.05, 0) is 31.2 Å². The van der Waals surface area contributed by atoms with E-state index in [0.29, 0.717) is 17.9 Å². The summed E-state index contributed by atoms with van der Waals surface area (Å²) in [5, 5.41) is 3.21. The second-order valence-electron chi connectivity index (χ2n) is 6.36. The molecule has 0 radical (unpaired) electrons. The van der Waals surface area contributed by atoms with Crippen LogP contribution in [-0.4, -0.2) is 36.5 Å². The minimum Gasteiger partial charge on any atom is -0.352 e. The molecule has 0 bridgehead atoms. The second-order valence-corrected chi connectivity index (χ2v) is 6.36. The van der Waals surface area contributed by atoms with Gasteiger partial charge in [-0.25, -0.2) is 0 Å². The van der Waals surface area contributed by atoms with Gasteiger partial charge in [-0.15, -0.1) is 0 Å². The van der Waals surface area contributed by atoms with E-state index in [1.54, 1.807) is 0 Å². The number of likely N-dealkylation sites (tertiary alicyclic amines) is 1. The van der Waals surface area contributed by atoms with E-state index in [1.165, 1.54) is 13.0 Å². The zero-order valence-corrected chi connectivity index (χ0v) is 12.7. The number of hydrogen-bond donors (Lipinski definition) is 1. The quantitative estimate of drug-likeness (QED) is 0.817. The Morgan fingerprint density at radius 2 is 1.94 bits per heavy atom. The molecule has 0 aromatic carbocycles. The second kappa shape index (κ2) is 7.13. The van der Waals surface area contributed by atoms with Crippen LogP contribution in [0.1, 0.15) is 47.5 Å². The number of carbonyl (C=O) groups is 1. The molecular formula is C15H30N2O. The van der Waals surface area contributed by atoms with Crippen molar-refractivity contribution in [1.82, 2.24) is 10.2 Å². The van der Waals surface area contributed by atoms with Crippen LogP contribution in [0.15, 0.2) is 0 Å². The predicted molar refractivity (Wildman–Crippen MR) is 76.4 cm³/mol. The number of piperidine rings is 1. The molecule has 2 unspecified atom stereocenters. The zero-order chi connectivity index (χ0) is 13.7. The van der Waals surface area contributed by atoms with Crippen molar-refractivity contribution < 1.29 is 4.79 Å². The van der Waals surface area contributed by atoms with Crippen LogP contribution in [0.25, 0.3) is 0 Å². The molecule has 3 heteroatoms. The molecule has 1 N–H and O–H groups in total. The summed E-state index contributed by atoms with van der Waals surface area (Å²) in [6.07, 6.45) is 2.33. The molecule has 2 atom stereocenters. The van der Waals surface area contributed by atoms with Crippen LogP contribution >= 0.6 is 0 Å². The number of carbonyl (C=O) groups excluding carboxylic acids is 1. The van der Waals surface area contributed by atoms with Crippen LogP contribution in [0, 0.1) is 17.8 Å². The fourth-order valence-corrected chi connectivity index (χ4v) is 2.69. The molecule has 0 spiro atoms. The number of hydrogen-bond acceptors (Lipinski definition) is 2. The third-order valence-electron chi connectivity index (χ3n) is 3.91. The monoisotopic (exact) mass is 254 g/mol. The molecule has 1 aliphatic rings. The number of nitrogens with one attached hydrogen (secondary N) is 1. The topological polar surface area (TPSA) is 32.3 Å². The summed E-state index contributed by atoms with van der Waals surface area (Å²) in [7, 11) is 0. The van der Waals surface area contributed by atoms with Gasteiger partial charge in [-0.1, -0.05) is 34.6 Å². The fraction of sp³-hybridized carbons (Fsp3) is 0.933. The molecule has 106 valence electrons. The summed E-state index contributed by atoms with van der Waals surface area (Å²) in [5.41, 5.74) is 0. The lowest BCUT2D eigenvalue weighted by molar-refractivity contribution is -0.125. The standard InChI is InChI=1S/C15H30N2O/c1-6-7-17-9-13(11(2)3)8-14(10-17)16-15(18)12(4)5/h11-14H,6-10H2,1-5H3,(H,16,18). The van der Waals surface area contributed by atoms with Crippen LogP contribution in [-0.2, 0) is 4.79 Å². The van der Waals surface area contributed by atoms with Crippen molar-refractivity contribution in [2.24, 2.45) is 17.8 Å². The Bertz CT molecular complexity index is 263. The molecule has 3 nitrogen and oxygen atoms in total. The van der Waals surface area contributed by atoms with Gasteiger partial charge in [0, 0.05) is 25.0 Å². The first-order valence-electron chi connectivity index (χ1n) is 7.46. The average molecular weight is 254 g/mol.